The molecule has 0 saturated carbocycles. The lowest BCUT2D eigenvalue weighted by Gasteiger charge is -1.88. The van der Waals surface area contributed by atoms with Crippen molar-refractivity contribution in [3.8, 4) is 0 Å². The predicted octanol–water partition coefficient (Wildman–Crippen LogP) is 3.13. The molecule has 1 N–H and O–H groups in total. The van der Waals surface area contributed by atoms with Crippen molar-refractivity contribution in [2.45, 2.75) is 20.8 Å². The van der Waals surface area contributed by atoms with Crippen LogP contribution in [-0.2, 0) is 0 Å². The van der Waals surface area contributed by atoms with Gasteiger partial charge >= 0.3 is 0 Å². The number of rotatable bonds is 4. The van der Waals surface area contributed by atoms with Crippen LogP contribution in [0.4, 0.5) is 0 Å². The molecule has 0 amide bonds. The van der Waals surface area contributed by atoms with Gasteiger partial charge in [-0.3, -0.25) is 4.99 Å². The zero-order valence-electron chi connectivity index (χ0n) is 8.41. The predicted molar refractivity (Wildman–Crippen MR) is 59.6 cm³/mol. The highest BCUT2D eigenvalue weighted by Gasteiger charge is 1.80. The minimum Gasteiger partial charge on any atom is -0.306 e. The van der Waals surface area contributed by atoms with Crippen molar-refractivity contribution < 1.29 is 0 Å². The summed E-state index contributed by atoms with van der Waals surface area (Å²) in [4.78, 5) is 4.17. The first-order chi connectivity index (χ1) is 6.20. The van der Waals surface area contributed by atoms with Gasteiger partial charge in [0, 0.05) is 11.9 Å². The van der Waals surface area contributed by atoms with E-state index in [1.807, 2.05) is 32.1 Å². The highest BCUT2D eigenvalue weighted by atomic mass is 14.7. The van der Waals surface area contributed by atoms with Gasteiger partial charge in [0.05, 0.1) is 5.70 Å². The van der Waals surface area contributed by atoms with E-state index in [-0.39, 0.29) is 0 Å². The Bertz CT molecular complexity index is 268. The fourth-order valence-corrected chi connectivity index (χ4v) is 0.701. The van der Waals surface area contributed by atoms with Crippen molar-refractivity contribution in [3.63, 3.8) is 0 Å². The van der Waals surface area contributed by atoms with E-state index >= 15 is 0 Å². The minimum absolute atomic E-state index is 0.527. The average molecular weight is 176 g/mol. The summed E-state index contributed by atoms with van der Waals surface area (Å²) >= 11 is 0. The van der Waals surface area contributed by atoms with E-state index in [0.29, 0.717) is 5.71 Å². The average Bonchev–Trinajstić information content (AvgIpc) is 2.10. The van der Waals surface area contributed by atoms with Gasteiger partial charge in [-0.25, -0.2) is 0 Å². The Morgan fingerprint density at radius 3 is 2.38 bits per heavy atom. The van der Waals surface area contributed by atoms with E-state index < -0.39 is 0 Å². The van der Waals surface area contributed by atoms with E-state index in [2.05, 4.69) is 4.99 Å². The van der Waals surface area contributed by atoms with Gasteiger partial charge in [-0.2, -0.15) is 0 Å². The van der Waals surface area contributed by atoms with Gasteiger partial charge in [0.2, 0.25) is 0 Å². The number of hydrogen-bond acceptors (Lipinski definition) is 2. The molecule has 2 heteroatoms. The molecule has 0 aromatic carbocycles. The van der Waals surface area contributed by atoms with Gasteiger partial charge < -0.3 is 5.41 Å². The summed E-state index contributed by atoms with van der Waals surface area (Å²) in [7, 11) is 0. The van der Waals surface area contributed by atoms with Gasteiger partial charge in [0.25, 0.3) is 0 Å². The molecule has 0 fully saturated rings. The Balaban J connectivity index is 4.17. The van der Waals surface area contributed by atoms with Crippen molar-refractivity contribution in [2.24, 2.45) is 4.99 Å². The van der Waals surface area contributed by atoms with Gasteiger partial charge in [-0.05, 0) is 39.0 Å². The quantitative estimate of drug-likeness (QED) is 0.504. The third kappa shape index (κ3) is 6.94. The van der Waals surface area contributed by atoms with Crippen molar-refractivity contribution in [1.82, 2.24) is 0 Å². The summed E-state index contributed by atoms with van der Waals surface area (Å²) in [6, 6.07) is 0. The maximum absolute atomic E-state index is 7.13. The summed E-state index contributed by atoms with van der Waals surface area (Å²) < 4.78 is 0. The fraction of sp³-hybridized carbons (Fsp3) is 0.273. The third-order valence-corrected chi connectivity index (χ3v) is 1.29. The first-order valence-corrected chi connectivity index (χ1v) is 4.25. The maximum Gasteiger partial charge on any atom is 0.0583 e. The second kappa shape index (κ2) is 7.22. The standard InChI is InChI=1S/C11H16N2/c1-4-7-11(5-2)13-9-6-8-10(3)12/h4-9,12H,1-3H3/b7-4-,8-6-,11-5+,12-10?,13-9+. The second-order valence-electron chi connectivity index (χ2n) is 2.53. The first-order valence-electron chi connectivity index (χ1n) is 4.25. The number of allylic oxidation sites excluding steroid dienone is 5. The van der Waals surface area contributed by atoms with Crippen molar-refractivity contribution in [2.75, 3.05) is 0 Å². The van der Waals surface area contributed by atoms with Crippen molar-refractivity contribution >= 4 is 11.9 Å². The Hall–Kier alpha value is -1.44. The number of hydrogen-bond donors (Lipinski definition) is 1. The van der Waals surface area contributed by atoms with Crippen LogP contribution in [0.1, 0.15) is 20.8 Å². The summed E-state index contributed by atoms with van der Waals surface area (Å²) in [5, 5.41) is 7.13. The molecule has 0 aliphatic heterocycles. The van der Waals surface area contributed by atoms with E-state index in [0.717, 1.165) is 5.70 Å². The van der Waals surface area contributed by atoms with Gasteiger partial charge in [-0.15, -0.1) is 0 Å². The lowest BCUT2D eigenvalue weighted by atomic mass is 10.3. The molecule has 0 atom stereocenters. The molecule has 0 rings (SSSR count). The van der Waals surface area contributed by atoms with Crippen molar-refractivity contribution in [1.29, 1.82) is 5.41 Å². The van der Waals surface area contributed by atoms with Crippen LogP contribution in [0, 0.1) is 5.41 Å². The van der Waals surface area contributed by atoms with Crippen LogP contribution in [0.15, 0.2) is 41.1 Å². The summed E-state index contributed by atoms with van der Waals surface area (Å²) in [6.07, 6.45) is 11.0. The number of aliphatic imine (C=N–C) groups is 1. The Morgan fingerprint density at radius 2 is 1.92 bits per heavy atom. The van der Waals surface area contributed by atoms with Crippen LogP contribution in [0.25, 0.3) is 0 Å². The molecule has 0 bridgehead atoms. The molecule has 0 aromatic heterocycles. The van der Waals surface area contributed by atoms with Crippen LogP contribution in [0.2, 0.25) is 0 Å². The van der Waals surface area contributed by atoms with Gasteiger partial charge in [-0.1, -0.05) is 12.2 Å². The monoisotopic (exact) mass is 176 g/mol. The van der Waals surface area contributed by atoms with Crippen LogP contribution < -0.4 is 0 Å². The Labute approximate surface area is 79.9 Å². The Kier molecular flexibility index (Phi) is 6.42. The molecule has 70 valence electrons. The van der Waals surface area contributed by atoms with Crippen LogP contribution in [0.5, 0.6) is 0 Å². The third-order valence-electron chi connectivity index (χ3n) is 1.29. The molecule has 0 aliphatic carbocycles. The van der Waals surface area contributed by atoms with Crippen LogP contribution >= 0.6 is 0 Å². The van der Waals surface area contributed by atoms with Crippen molar-refractivity contribution in [3.05, 3.63) is 36.1 Å². The molecule has 0 radical (unpaired) electrons. The van der Waals surface area contributed by atoms with Gasteiger partial charge in [0.15, 0.2) is 0 Å². The summed E-state index contributed by atoms with van der Waals surface area (Å²) in [5.41, 5.74) is 1.45. The first kappa shape index (κ1) is 11.6. The Morgan fingerprint density at radius 1 is 1.23 bits per heavy atom. The number of nitrogens with zero attached hydrogens (tertiary/aromatic N) is 1. The molecule has 0 spiro atoms. The molecule has 0 saturated heterocycles. The molecule has 0 heterocycles. The van der Waals surface area contributed by atoms with E-state index in [1.165, 1.54) is 0 Å². The topological polar surface area (TPSA) is 36.2 Å². The summed E-state index contributed by atoms with van der Waals surface area (Å²) in [5.74, 6) is 0. The molecular formula is C11H16N2. The minimum atomic E-state index is 0.527. The lowest BCUT2D eigenvalue weighted by Crippen LogP contribution is -1.78. The lowest BCUT2D eigenvalue weighted by molar-refractivity contribution is 1.39. The molecular weight excluding hydrogens is 160 g/mol. The SMILES string of the molecule is C\C=C/C(=C\C)/N=C/C=C\C(C)=N. The molecule has 0 aliphatic rings. The zero-order chi connectivity index (χ0) is 10.1. The molecule has 2 nitrogen and oxygen atoms in total. The number of nitrogens with one attached hydrogen (secondary N) is 1. The van der Waals surface area contributed by atoms with E-state index in [4.69, 9.17) is 5.41 Å². The molecule has 13 heavy (non-hydrogen) atoms. The highest BCUT2D eigenvalue weighted by Crippen LogP contribution is 1.96. The molecule has 0 unspecified atom stereocenters. The normalized spacial score (nSPS) is 13.6. The second-order valence-corrected chi connectivity index (χ2v) is 2.53. The van der Waals surface area contributed by atoms with Crippen LogP contribution in [0.3, 0.4) is 0 Å². The summed E-state index contributed by atoms with van der Waals surface area (Å²) in [6.45, 7) is 5.63. The fourth-order valence-electron chi connectivity index (χ4n) is 0.701. The van der Waals surface area contributed by atoms with E-state index in [1.54, 1.807) is 25.3 Å². The zero-order valence-corrected chi connectivity index (χ0v) is 8.41. The van der Waals surface area contributed by atoms with Gasteiger partial charge in [0.1, 0.15) is 0 Å². The van der Waals surface area contributed by atoms with Crippen LogP contribution in [-0.4, -0.2) is 11.9 Å². The largest absolute Gasteiger partial charge is 0.306 e. The smallest absolute Gasteiger partial charge is 0.0583 e. The highest BCUT2D eigenvalue weighted by molar-refractivity contribution is 5.93. The van der Waals surface area contributed by atoms with E-state index in [9.17, 15) is 0 Å². The maximum atomic E-state index is 7.13. The molecule has 0 aromatic rings.